The van der Waals surface area contributed by atoms with E-state index in [0.717, 1.165) is 25.1 Å². The Bertz CT molecular complexity index is 419. The summed E-state index contributed by atoms with van der Waals surface area (Å²) in [5, 5.41) is 2.99. The van der Waals surface area contributed by atoms with Crippen molar-refractivity contribution in [1.29, 1.82) is 0 Å². The SMILES string of the molecule is Cc1cc(C(=O)NCC2CCCC(N)C2)ccn1. The molecule has 3 N–H and O–H groups in total. The third kappa shape index (κ3) is 3.53. The number of carbonyl (C=O) groups is 1. The molecule has 2 rings (SSSR count). The number of pyridine rings is 1. The summed E-state index contributed by atoms with van der Waals surface area (Å²) in [6, 6.07) is 3.86. The molecule has 0 aromatic carbocycles. The van der Waals surface area contributed by atoms with E-state index in [1.807, 2.05) is 13.0 Å². The fourth-order valence-corrected chi connectivity index (χ4v) is 2.54. The molecular weight excluding hydrogens is 226 g/mol. The molecule has 0 spiro atoms. The minimum Gasteiger partial charge on any atom is -0.352 e. The second-order valence-electron chi connectivity index (χ2n) is 5.19. The average molecular weight is 247 g/mol. The summed E-state index contributed by atoms with van der Waals surface area (Å²) >= 11 is 0. The summed E-state index contributed by atoms with van der Waals surface area (Å²) in [4.78, 5) is 16.0. The van der Waals surface area contributed by atoms with Crippen molar-refractivity contribution in [2.75, 3.05) is 6.54 Å². The van der Waals surface area contributed by atoms with Crippen molar-refractivity contribution in [3.63, 3.8) is 0 Å². The van der Waals surface area contributed by atoms with Gasteiger partial charge in [-0.05, 0) is 44.2 Å². The molecule has 1 aliphatic carbocycles. The number of carbonyl (C=O) groups excluding carboxylic acids is 1. The molecule has 98 valence electrons. The van der Waals surface area contributed by atoms with Gasteiger partial charge in [0, 0.05) is 30.0 Å². The van der Waals surface area contributed by atoms with Gasteiger partial charge < -0.3 is 11.1 Å². The second-order valence-corrected chi connectivity index (χ2v) is 5.19. The van der Waals surface area contributed by atoms with Gasteiger partial charge in [0.25, 0.3) is 5.91 Å². The van der Waals surface area contributed by atoms with Gasteiger partial charge >= 0.3 is 0 Å². The van der Waals surface area contributed by atoms with Crippen LogP contribution in [0.5, 0.6) is 0 Å². The van der Waals surface area contributed by atoms with Gasteiger partial charge in [0.15, 0.2) is 0 Å². The van der Waals surface area contributed by atoms with Crippen LogP contribution in [-0.4, -0.2) is 23.5 Å². The lowest BCUT2D eigenvalue weighted by Crippen LogP contribution is -2.35. The van der Waals surface area contributed by atoms with Crippen LogP contribution in [0.25, 0.3) is 0 Å². The van der Waals surface area contributed by atoms with Crippen LogP contribution >= 0.6 is 0 Å². The first kappa shape index (κ1) is 13.0. The van der Waals surface area contributed by atoms with E-state index in [2.05, 4.69) is 10.3 Å². The number of hydrogen-bond donors (Lipinski definition) is 2. The molecule has 1 fully saturated rings. The van der Waals surface area contributed by atoms with Gasteiger partial charge in [0.1, 0.15) is 0 Å². The standard InChI is InChI=1S/C14H21N3O/c1-10-7-12(5-6-16-10)14(18)17-9-11-3-2-4-13(15)8-11/h5-7,11,13H,2-4,8-9,15H2,1H3,(H,17,18). The van der Waals surface area contributed by atoms with Crippen LogP contribution in [0.2, 0.25) is 0 Å². The maximum absolute atomic E-state index is 12.0. The molecule has 2 atom stereocenters. The zero-order valence-electron chi connectivity index (χ0n) is 10.9. The van der Waals surface area contributed by atoms with Gasteiger partial charge in [0.2, 0.25) is 0 Å². The van der Waals surface area contributed by atoms with E-state index in [-0.39, 0.29) is 5.91 Å². The number of nitrogens with two attached hydrogens (primary N) is 1. The first-order valence-corrected chi connectivity index (χ1v) is 6.61. The topological polar surface area (TPSA) is 68.0 Å². The van der Waals surface area contributed by atoms with Crippen LogP contribution in [0.3, 0.4) is 0 Å². The zero-order valence-corrected chi connectivity index (χ0v) is 10.9. The molecule has 2 unspecified atom stereocenters. The van der Waals surface area contributed by atoms with Gasteiger partial charge in [-0.1, -0.05) is 6.42 Å². The smallest absolute Gasteiger partial charge is 0.251 e. The molecule has 1 aromatic heterocycles. The number of amides is 1. The monoisotopic (exact) mass is 247 g/mol. The van der Waals surface area contributed by atoms with Crippen molar-refractivity contribution in [3.8, 4) is 0 Å². The Hall–Kier alpha value is -1.42. The van der Waals surface area contributed by atoms with Crippen molar-refractivity contribution >= 4 is 5.91 Å². The van der Waals surface area contributed by atoms with Crippen LogP contribution in [0.1, 0.15) is 41.7 Å². The Morgan fingerprint density at radius 2 is 2.39 bits per heavy atom. The Labute approximate surface area is 108 Å². The minimum absolute atomic E-state index is 0.0142. The number of aromatic nitrogens is 1. The first-order valence-electron chi connectivity index (χ1n) is 6.61. The average Bonchev–Trinajstić information content (AvgIpc) is 2.36. The fourth-order valence-electron chi connectivity index (χ4n) is 2.54. The van der Waals surface area contributed by atoms with Crippen LogP contribution in [-0.2, 0) is 0 Å². The molecule has 0 aliphatic heterocycles. The number of aryl methyl sites for hydroxylation is 1. The van der Waals surface area contributed by atoms with E-state index < -0.39 is 0 Å². The van der Waals surface area contributed by atoms with E-state index in [0.29, 0.717) is 17.5 Å². The maximum Gasteiger partial charge on any atom is 0.251 e. The van der Waals surface area contributed by atoms with Crippen molar-refractivity contribution in [1.82, 2.24) is 10.3 Å². The molecule has 1 aromatic rings. The molecular formula is C14H21N3O. The molecule has 0 saturated heterocycles. The van der Waals surface area contributed by atoms with Crippen LogP contribution in [0.4, 0.5) is 0 Å². The van der Waals surface area contributed by atoms with E-state index in [4.69, 9.17) is 5.73 Å². The normalized spacial score (nSPS) is 23.7. The highest BCUT2D eigenvalue weighted by molar-refractivity contribution is 5.94. The summed E-state index contributed by atoms with van der Waals surface area (Å²) in [5.41, 5.74) is 7.49. The largest absolute Gasteiger partial charge is 0.352 e. The lowest BCUT2D eigenvalue weighted by atomic mass is 9.86. The molecule has 4 nitrogen and oxygen atoms in total. The summed E-state index contributed by atoms with van der Waals surface area (Å²) < 4.78 is 0. The molecule has 1 aliphatic rings. The summed E-state index contributed by atoms with van der Waals surface area (Å²) in [6.07, 6.45) is 6.16. The lowest BCUT2D eigenvalue weighted by Gasteiger charge is -2.26. The summed E-state index contributed by atoms with van der Waals surface area (Å²) in [7, 11) is 0. The van der Waals surface area contributed by atoms with Gasteiger partial charge in [0.05, 0.1) is 0 Å². The molecule has 1 heterocycles. The van der Waals surface area contributed by atoms with Crippen molar-refractivity contribution < 1.29 is 4.79 Å². The second kappa shape index (κ2) is 5.96. The predicted molar refractivity (Wildman–Crippen MR) is 71.2 cm³/mol. The van der Waals surface area contributed by atoms with E-state index in [1.165, 1.54) is 12.8 Å². The molecule has 0 bridgehead atoms. The molecule has 1 saturated carbocycles. The number of hydrogen-bond acceptors (Lipinski definition) is 3. The summed E-state index contributed by atoms with van der Waals surface area (Å²) in [5.74, 6) is 0.514. The number of rotatable bonds is 3. The predicted octanol–water partition coefficient (Wildman–Crippen LogP) is 1.64. The maximum atomic E-state index is 12.0. The minimum atomic E-state index is -0.0142. The number of nitrogens with zero attached hydrogens (tertiary/aromatic N) is 1. The van der Waals surface area contributed by atoms with Crippen LogP contribution in [0.15, 0.2) is 18.3 Å². The third-order valence-electron chi connectivity index (χ3n) is 3.53. The Balaban J connectivity index is 1.84. The molecule has 0 radical (unpaired) electrons. The molecule has 4 heteroatoms. The summed E-state index contributed by atoms with van der Waals surface area (Å²) in [6.45, 7) is 2.62. The first-order chi connectivity index (χ1) is 8.65. The highest BCUT2D eigenvalue weighted by atomic mass is 16.1. The van der Waals surface area contributed by atoms with Gasteiger partial charge in [-0.15, -0.1) is 0 Å². The Kier molecular flexibility index (Phi) is 4.31. The van der Waals surface area contributed by atoms with E-state index in [9.17, 15) is 4.79 Å². The van der Waals surface area contributed by atoms with Crippen LogP contribution in [0, 0.1) is 12.8 Å². The highest BCUT2D eigenvalue weighted by Gasteiger charge is 2.19. The lowest BCUT2D eigenvalue weighted by molar-refractivity contribution is 0.0942. The van der Waals surface area contributed by atoms with Gasteiger partial charge in [-0.2, -0.15) is 0 Å². The van der Waals surface area contributed by atoms with E-state index >= 15 is 0 Å². The molecule has 18 heavy (non-hydrogen) atoms. The van der Waals surface area contributed by atoms with Crippen molar-refractivity contribution in [3.05, 3.63) is 29.6 Å². The highest BCUT2D eigenvalue weighted by Crippen LogP contribution is 2.22. The van der Waals surface area contributed by atoms with Gasteiger partial charge in [-0.3, -0.25) is 9.78 Å². The number of nitrogens with one attached hydrogen (secondary N) is 1. The third-order valence-corrected chi connectivity index (χ3v) is 3.53. The van der Waals surface area contributed by atoms with Gasteiger partial charge in [-0.25, -0.2) is 0 Å². The molecule has 1 amide bonds. The van der Waals surface area contributed by atoms with Crippen LogP contribution < -0.4 is 11.1 Å². The Morgan fingerprint density at radius 1 is 1.56 bits per heavy atom. The zero-order chi connectivity index (χ0) is 13.0. The van der Waals surface area contributed by atoms with E-state index in [1.54, 1.807) is 12.3 Å². The van der Waals surface area contributed by atoms with Crippen molar-refractivity contribution in [2.45, 2.75) is 38.6 Å². The Morgan fingerprint density at radius 3 is 3.11 bits per heavy atom. The quantitative estimate of drug-likeness (QED) is 0.853. The van der Waals surface area contributed by atoms with Crippen molar-refractivity contribution in [2.24, 2.45) is 11.7 Å². The fraction of sp³-hybridized carbons (Fsp3) is 0.571.